The van der Waals surface area contributed by atoms with Gasteiger partial charge in [-0.15, -0.1) is 0 Å². The Hall–Kier alpha value is -1.65. The first kappa shape index (κ1) is 13.8. The molecule has 0 saturated heterocycles. The van der Waals surface area contributed by atoms with Crippen LogP contribution in [0.15, 0.2) is 0 Å². The second kappa shape index (κ2) is 5.99. The molecule has 1 heterocycles. The summed E-state index contributed by atoms with van der Waals surface area (Å²) in [6, 6.07) is 0. The highest BCUT2D eigenvalue weighted by atomic mass is 16.5. The highest BCUT2D eigenvalue weighted by molar-refractivity contribution is 5.92. The van der Waals surface area contributed by atoms with E-state index in [0.29, 0.717) is 23.8 Å². The molecule has 1 aromatic heterocycles. The highest BCUT2D eigenvalue weighted by Gasteiger charge is 2.26. The minimum Gasteiger partial charge on any atom is -0.462 e. The zero-order valence-corrected chi connectivity index (χ0v) is 11.6. The average Bonchev–Trinajstić information content (AvgIpc) is 2.39. The summed E-state index contributed by atoms with van der Waals surface area (Å²) in [5.41, 5.74) is 7.65. The Labute approximate surface area is 113 Å². The molecule has 1 aliphatic rings. The molecule has 1 aromatic rings. The topological polar surface area (TPSA) is 78.1 Å². The lowest BCUT2D eigenvalue weighted by Gasteiger charge is -2.23. The average molecular weight is 263 g/mol. The van der Waals surface area contributed by atoms with Crippen LogP contribution in [0.1, 0.15) is 66.7 Å². The molecular weight excluding hydrogens is 242 g/mol. The SMILES string of the molecule is CCOC(=O)c1c(C)nc(N)nc1C1CCCCC1. The molecule has 5 heteroatoms. The molecule has 0 radical (unpaired) electrons. The molecule has 0 bridgehead atoms. The smallest absolute Gasteiger partial charge is 0.341 e. The van der Waals surface area contributed by atoms with Crippen molar-refractivity contribution in [2.75, 3.05) is 12.3 Å². The standard InChI is InChI=1S/C14H21N3O2/c1-3-19-13(18)11-9(2)16-14(15)17-12(11)10-7-5-4-6-8-10/h10H,3-8H2,1-2H3,(H2,15,16,17). The lowest BCUT2D eigenvalue weighted by Crippen LogP contribution is -2.18. The lowest BCUT2D eigenvalue weighted by molar-refractivity contribution is 0.0522. The summed E-state index contributed by atoms with van der Waals surface area (Å²) in [4.78, 5) is 20.5. The predicted molar refractivity (Wildman–Crippen MR) is 73.0 cm³/mol. The first-order chi connectivity index (χ1) is 9.13. The van der Waals surface area contributed by atoms with Crippen molar-refractivity contribution < 1.29 is 9.53 Å². The number of nitrogen functional groups attached to an aromatic ring is 1. The maximum Gasteiger partial charge on any atom is 0.341 e. The van der Waals surface area contributed by atoms with Crippen LogP contribution >= 0.6 is 0 Å². The number of nitrogens with two attached hydrogens (primary N) is 1. The van der Waals surface area contributed by atoms with Crippen LogP contribution in [0.4, 0.5) is 5.95 Å². The predicted octanol–water partition coefficient (Wildman–Crippen LogP) is 2.59. The van der Waals surface area contributed by atoms with Crippen molar-refractivity contribution in [3.63, 3.8) is 0 Å². The van der Waals surface area contributed by atoms with Gasteiger partial charge in [0.1, 0.15) is 5.56 Å². The van der Waals surface area contributed by atoms with Gasteiger partial charge in [-0.3, -0.25) is 0 Å². The number of hydrogen-bond acceptors (Lipinski definition) is 5. The van der Waals surface area contributed by atoms with E-state index in [9.17, 15) is 4.79 Å². The van der Waals surface area contributed by atoms with Gasteiger partial charge < -0.3 is 10.5 Å². The van der Waals surface area contributed by atoms with Gasteiger partial charge >= 0.3 is 5.97 Å². The van der Waals surface area contributed by atoms with Crippen LogP contribution in [0.5, 0.6) is 0 Å². The Bertz CT molecular complexity index is 468. The van der Waals surface area contributed by atoms with Crippen LogP contribution < -0.4 is 5.73 Å². The first-order valence-electron chi connectivity index (χ1n) is 6.94. The summed E-state index contributed by atoms with van der Waals surface area (Å²) < 4.78 is 5.12. The third-order valence-corrected chi connectivity index (χ3v) is 3.61. The Morgan fingerprint density at radius 3 is 2.63 bits per heavy atom. The first-order valence-corrected chi connectivity index (χ1v) is 6.94. The quantitative estimate of drug-likeness (QED) is 0.848. The summed E-state index contributed by atoms with van der Waals surface area (Å²) in [5.74, 6) is 0.212. The van der Waals surface area contributed by atoms with Crippen LogP contribution in [0.25, 0.3) is 0 Å². The minimum absolute atomic E-state index is 0.242. The van der Waals surface area contributed by atoms with E-state index in [1.807, 2.05) is 0 Å². The van der Waals surface area contributed by atoms with Gasteiger partial charge in [-0.25, -0.2) is 14.8 Å². The van der Waals surface area contributed by atoms with Crippen molar-refractivity contribution >= 4 is 11.9 Å². The molecule has 0 atom stereocenters. The lowest BCUT2D eigenvalue weighted by atomic mass is 9.84. The van der Waals surface area contributed by atoms with Crippen molar-refractivity contribution in [3.05, 3.63) is 17.0 Å². The molecule has 1 fully saturated rings. The van der Waals surface area contributed by atoms with Gasteiger partial charge in [0.05, 0.1) is 18.0 Å². The molecule has 2 N–H and O–H groups in total. The fraction of sp³-hybridized carbons (Fsp3) is 0.643. The number of ether oxygens (including phenoxy) is 1. The van der Waals surface area contributed by atoms with E-state index in [0.717, 1.165) is 18.5 Å². The molecule has 5 nitrogen and oxygen atoms in total. The molecule has 0 aliphatic heterocycles. The van der Waals surface area contributed by atoms with Gasteiger partial charge in [-0.2, -0.15) is 0 Å². The summed E-state index contributed by atoms with van der Waals surface area (Å²) in [6.07, 6.45) is 5.72. The van der Waals surface area contributed by atoms with E-state index in [1.54, 1.807) is 13.8 Å². The minimum atomic E-state index is -0.333. The van der Waals surface area contributed by atoms with Gasteiger partial charge in [0.25, 0.3) is 0 Å². The van der Waals surface area contributed by atoms with Crippen LogP contribution in [0, 0.1) is 6.92 Å². The Kier molecular flexibility index (Phi) is 4.35. The normalized spacial score (nSPS) is 16.3. The maximum atomic E-state index is 12.1. The molecule has 0 unspecified atom stereocenters. The van der Waals surface area contributed by atoms with Crippen LogP contribution in [-0.4, -0.2) is 22.5 Å². The van der Waals surface area contributed by atoms with E-state index in [2.05, 4.69) is 9.97 Å². The number of nitrogens with zero attached hydrogens (tertiary/aromatic N) is 2. The Morgan fingerprint density at radius 1 is 1.32 bits per heavy atom. The summed E-state index contributed by atoms with van der Waals surface area (Å²) in [6.45, 7) is 3.94. The maximum absolute atomic E-state index is 12.1. The van der Waals surface area contributed by atoms with Gasteiger partial charge in [0, 0.05) is 5.92 Å². The number of esters is 1. The Balaban J connectivity index is 2.41. The van der Waals surface area contributed by atoms with Gasteiger partial charge in [0.15, 0.2) is 0 Å². The number of carbonyl (C=O) groups is 1. The highest BCUT2D eigenvalue weighted by Crippen LogP contribution is 2.34. The number of rotatable bonds is 3. The molecule has 1 saturated carbocycles. The zero-order valence-electron chi connectivity index (χ0n) is 11.6. The second-order valence-corrected chi connectivity index (χ2v) is 4.98. The van der Waals surface area contributed by atoms with E-state index in [4.69, 9.17) is 10.5 Å². The van der Waals surface area contributed by atoms with Gasteiger partial charge in [-0.05, 0) is 26.7 Å². The largest absolute Gasteiger partial charge is 0.462 e. The second-order valence-electron chi connectivity index (χ2n) is 4.98. The van der Waals surface area contributed by atoms with Crippen molar-refractivity contribution in [1.82, 2.24) is 9.97 Å². The molecule has 1 aliphatic carbocycles. The van der Waals surface area contributed by atoms with Crippen molar-refractivity contribution in [2.45, 2.75) is 51.9 Å². The van der Waals surface area contributed by atoms with E-state index < -0.39 is 0 Å². The fourth-order valence-corrected chi connectivity index (χ4v) is 2.74. The molecule has 19 heavy (non-hydrogen) atoms. The molecule has 0 aromatic carbocycles. The van der Waals surface area contributed by atoms with E-state index >= 15 is 0 Å². The molecular formula is C14H21N3O2. The van der Waals surface area contributed by atoms with Crippen molar-refractivity contribution in [3.8, 4) is 0 Å². The number of hydrogen-bond donors (Lipinski definition) is 1. The van der Waals surface area contributed by atoms with Gasteiger partial charge in [-0.1, -0.05) is 19.3 Å². The molecule has 0 amide bonds. The van der Waals surface area contributed by atoms with E-state index in [-0.39, 0.29) is 11.9 Å². The number of anilines is 1. The Morgan fingerprint density at radius 2 is 2.00 bits per heavy atom. The number of aromatic nitrogens is 2. The van der Waals surface area contributed by atoms with E-state index in [1.165, 1.54) is 19.3 Å². The van der Waals surface area contributed by atoms with Crippen molar-refractivity contribution in [1.29, 1.82) is 0 Å². The number of carbonyl (C=O) groups excluding carboxylic acids is 1. The third kappa shape index (κ3) is 3.03. The summed E-state index contributed by atoms with van der Waals surface area (Å²) >= 11 is 0. The molecule has 2 rings (SSSR count). The monoisotopic (exact) mass is 263 g/mol. The van der Waals surface area contributed by atoms with Crippen LogP contribution in [0.3, 0.4) is 0 Å². The summed E-state index contributed by atoms with van der Waals surface area (Å²) in [7, 11) is 0. The van der Waals surface area contributed by atoms with Crippen LogP contribution in [-0.2, 0) is 4.74 Å². The third-order valence-electron chi connectivity index (χ3n) is 3.61. The van der Waals surface area contributed by atoms with Crippen LogP contribution in [0.2, 0.25) is 0 Å². The van der Waals surface area contributed by atoms with Gasteiger partial charge in [0.2, 0.25) is 5.95 Å². The number of aryl methyl sites for hydroxylation is 1. The van der Waals surface area contributed by atoms with Crippen molar-refractivity contribution in [2.24, 2.45) is 0 Å². The molecule has 0 spiro atoms. The fourth-order valence-electron chi connectivity index (χ4n) is 2.74. The molecule has 104 valence electrons. The summed E-state index contributed by atoms with van der Waals surface area (Å²) in [5, 5.41) is 0. The zero-order chi connectivity index (χ0) is 13.8.